The monoisotopic (exact) mass is 313 g/mol. The van der Waals surface area contributed by atoms with E-state index < -0.39 is 11.4 Å². The van der Waals surface area contributed by atoms with Gasteiger partial charge in [-0.2, -0.15) is 0 Å². The summed E-state index contributed by atoms with van der Waals surface area (Å²) in [6, 6.07) is 8.76. The number of thiophene rings is 1. The van der Waals surface area contributed by atoms with Crippen LogP contribution in [-0.2, 0) is 0 Å². The molecule has 3 aromatic rings. The minimum absolute atomic E-state index is 0.177. The Morgan fingerprint density at radius 3 is 2.50 bits per heavy atom. The Morgan fingerprint density at radius 2 is 1.86 bits per heavy atom. The van der Waals surface area contributed by atoms with Crippen molar-refractivity contribution in [3.8, 4) is 0 Å². The number of benzene rings is 1. The predicted octanol–water partition coefficient (Wildman–Crippen LogP) is 2.83. The lowest BCUT2D eigenvalue weighted by atomic mass is 10.1. The van der Waals surface area contributed by atoms with Crippen molar-refractivity contribution in [2.75, 3.05) is 0 Å². The first-order valence-electron chi connectivity index (χ1n) is 6.48. The Labute approximate surface area is 128 Å². The van der Waals surface area contributed by atoms with Crippen LogP contribution in [0.15, 0.2) is 41.3 Å². The van der Waals surface area contributed by atoms with E-state index in [2.05, 4.69) is 4.98 Å². The smallest absolute Gasteiger partial charge is 0.341 e. The van der Waals surface area contributed by atoms with Gasteiger partial charge in [0, 0.05) is 11.8 Å². The molecule has 0 aliphatic heterocycles. The minimum Gasteiger partial charge on any atom is -0.477 e. The zero-order valence-corrected chi connectivity index (χ0v) is 12.4. The van der Waals surface area contributed by atoms with Crippen molar-refractivity contribution in [3.05, 3.63) is 68.3 Å². The first kappa shape index (κ1) is 14.2. The lowest BCUT2D eigenvalue weighted by Gasteiger charge is -1.99. The van der Waals surface area contributed by atoms with E-state index in [0.29, 0.717) is 20.8 Å². The molecule has 0 saturated heterocycles. The summed E-state index contributed by atoms with van der Waals surface area (Å²) in [4.78, 5) is 39.6. The molecular weight excluding hydrogens is 302 g/mol. The highest BCUT2D eigenvalue weighted by Gasteiger charge is 2.21. The maximum Gasteiger partial charge on any atom is 0.341 e. The molecule has 5 nitrogen and oxygen atoms in total. The second kappa shape index (κ2) is 5.23. The second-order valence-corrected chi connectivity index (χ2v) is 5.81. The van der Waals surface area contributed by atoms with E-state index in [9.17, 15) is 14.4 Å². The van der Waals surface area contributed by atoms with Gasteiger partial charge in [0.25, 0.3) is 0 Å². The summed E-state index contributed by atoms with van der Waals surface area (Å²) in [6.45, 7) is 1.66. The van der Waals surface area contributed by atoms with Crippen molar-refractivity contribution in [2.45, 2.75) is 6.92 Å². The van der Waals surface area contributed by atoms with E-state index in [1.165, 1.54) is 6.20 Å². The van der Waals surface area contributed by atoms with E-state index >= 15 is 0 Å². The van der Waals surface area contributed by atoms with Gasteiger partial charge in [-0.3, -0.25) is 9.59 Å². The van der Waals surface area contributed by atoms with Crippen LogP contribution >= 0.6 is 11.3 Å². The number of rotatable bonds is 3. The Kier molecular flexibility index (Phi) is 3.38. The number of carbonyl (C=O) groups excluding carboxylic acids is 1. The van der Waals surface area contributed by atoms with Crippen LogP contribution in [0.4, 0.5) is 0 Å². The molecule has 0 saturated carbocycles. The maximum absolute atomic E-state index is 12.5. The number of pyridine rings is 1. The third-order valence-corrected chi connectivity index (χ3v) is 4.66. The molecule has 2 heterocycles. The highest BCUT2D eigenvalue weighted by Crippen LogP contribution is 2.29. The van der Waals surface area contributed by atoms with Crippen molar-refractivity contribution < 1.29 is 14.7 Å². The number of hydrogen-bond donors (Lipinski definition) is 2. The van der Waals surface area contributed by atoms with E-state index in [4.69, 9.17) is 5.11 Å². The quantitative estimate of drug-likeness (QED) is 0.728. The number of hydrogen-bond acceptors (Lipinski definition) is 4. The zero-order valence-electron chi connectivity index (χ0n) is 11.5. The lowest BCUT2D eigenvalue weighted by Crippen LogP contribution is -2.15. The highest BCUT2D eigenvalue weighted by molar-refractivity contribution is 7.20. The van der Waals surface area contributed by atoms with Crippen molar-refractivity contribution in [1.29, 1.82) is 0 Å². The first-order valence-corrected chi connectivity index (χ1v) is 7.30. The molecule has 3 rings (SSSR count). The molecule has 0 atom stereocenters. The number of fused-ring (bicyclic) bond motifs is 1. The van der Waals surface area contributed by atoms with Crippen LogP contribution < -0.4 is 5.43 Å². The number of carbonyl (C=O) groups is 2. The number of carboxylic acid groups (broad SMARTS) is 1. The third-order valence-electron chi connectivity index (χ3n) is 3.44. The molecule has 2 aromatic heterocycles. The molecule has 0 unspecified atom stereocenters. The molecule has 0 spiro atoms. The number of nitrogens with one attached hydrogen (secondary N) is 1. The summed E-state index contributed by atoms with van der Waals surface area (Å²) < 4.78 is 0. The predicted molar refractivity (Wildman–Crippen MR) is 84.0 cm³/mol. The van der Waals surface area contributed by atoms with E-state index in [1.807, 2.05) is 6.07 Å². The SMILES string of the molecule is Cc1c(C(=O)c2ccccc2)sc2[nH]cc(C(=O)O)c(=O)c12. The Morgan fingerprint density at radius 1 is 1.18 bits per heavy atom. The second-order valence-electron chi connectivity index (χ2n) is 4.79. The van der Waals surface area contributed by atoms with Gasteiger partial charge in [0.2, 0.25) is 11.2 Å². The number of aromatic amines is 1. The van der Waals surface area contributed by atoms with Crippen molar-refractivity contribution in [1.82, 2.24) is 4.98 Å². The van der Waals surface area contributed by atoms with Crippen LogP contribution in [0.3, 0.4) is 0 Å². The molecule has 1 aromatic carbocycles. The number of aryl methyl sites for hydroxylation is 1. The minimum atomic E-state index is -1.29. The van der Waals surface area contributed by atoms with Crippen LogP contribution in [0, 0.1) is 6.92 Å². The molecule has 0 aliphatic carbocycles. The number of H-pyrrole nitrogens is 1. The highest BCUT2D eigenvalue weighted by atomic mass is 32.1. The van der Waals surface area contributed by atoms with Gasteiger partial charge in [0.05, 0.1) is 10.3 Å². The summed E-state index contributed by atoms with van der Waals surface area (Å²) in [7, 11) is 0. The van der Waals surface area contributed by atoms with Gasteiger partial charge in [-0.1, -0.05) is 30.3 Å². The van der Waals surface area contributed by atoms with Gasteiger partial charge in [0.1, 0.15) is 10.4 Å². The average Bonchev–Trinajstić information content (AvgIpc) is 2.85. The third kappa shape index (κ3) is 2.14. The summed E-state index contributed by atoms with van der Waals surface area (Å²) in [5, 5.41) is 9.29. The Balaban J connectivity index is 2.23. The van der Waals surface area contributed by atoms with Gasteiger partial charge in [-0.15, -0.1) is 11.3 Å². The van der Waals surface area contributed by atoms with Crippen LogP contribution in [0.1, 0.15) is 31.2 Å². The van der Waals surface area contributed by atoms with Crippen molar-refractivity contribution in [3.63, 3.8) is 0 Å². The van der Waals surface area contributed by atoms with E-state index in [1.54, 1.807) is 31.2 Å². The van der Waals surface area contributed by atoms with Gasteiger partial charge in [-0.25, -0.2) is 4.79 Å². The van der Waals surface area contributed by atoms with Crippen LogP contribution in [0.25, 0.3) is 10.2 Å². The number of ketones is 1. The van der Waals surface area contributed by atoms with Gasteiger partial charge >= 0.3 is 5.97 Å². The van der Waals surface area contributed by atoms with Crippen molar-refractivity contribution in [2.24, 2.45) is 0 Å². The Hall–Kier alpha value is -2.73. The molecule has 0 aliphatic rings. The number of carboxylic acids is 1. The molecule has 0 amide bonds. The van der Waals surface area contributed by atoms with E-state index in [0.717, 1.165) is 11.3 Å². The van der Waals surface area contributed by atoms with Crippen LogP contribution in [0.2, 0.25) is 0 Å². The number of aromatic carboxylic acids is 1. The number of aromatic nitrogens is 1. The maximum atomic E-state index is 12.5. The molecule has 22 heavy (non-hydrogen) atoms. The summed E-state index contributed by atoms with van der Waals surface area (Å²) in [5.74, 6) is -1.46. The topological polar surface area (TPSA) is 87.2 Å². The van der Waals surface area contributed by atoms with E-state index in [-0.39, 0.29) is 16.7 Å². The molecule has 0 bridgehead atoms. The molecular formula is C16H11NO4S. The fourth-order valence-corrected chi connectivity index (χ4v) is 3.46. The zero-order chi connectivity index (χ0) is 15.9. The Bertz CT molecular complexity index is 953. The fourth-order valence-electron chi connectivity index (χ4n) is 2.32. The van der Waals surface area contributed by atoms with Gasteiger partial charge in [0.15, 0.2) is 0 Å². The summed E-state index contributed by atoms with van der Waals surface area (Å²) >= 11 is 1.16. The largest absolute Gasteiger partial charge is 0.477 e. The molecule has 6 heteroatoms. The standard InChI is InChI=1S/C16H11NO4S/c1-8-11-13(19)10(16(20)21)7-17-15(11)22-14(8)12(18)9-5-3-2-4-6-9/h2-7H,1H3,(H,17,19)(H,20,21). The van der Waals surface area contributed by atoms with Crippen molar-refractivity contribution >= 4 is 33.3 Å². The van der Waals surface area contributed by atoms with Gasteiger partial charge < -0.3 is 10.1 Å². The van der Waals surface area contributed by atoms with Crippen LogP contribution in [-0.4, -0.2) is 21.8 Å². The fraction of sp³-hybridized carbons (Fsp3) is 0.0625. The van der Waals surface area contributed by atoms with Gasteiger partial charge in [-0.05, 0) is 12.5 Å². The average molecular weight is 313 g/mol. The lowest BCUT2D eigenvalue weighted by molar-refractivity contribution is 0.0695. The molecule has 110 valence electrons. The molecule has 0 radical (unpaired) electrons. The molecule has 2 N–H and O–H groups in total. The van der Waals surface area contributed by atoms with Crippen LogP contribution in [0.5, 0.6) is 0 Å². The summed E-state index contributed by atoms with van der Waals surface area (Å²) in [6.07, 6.45) is 1.17. The summed E-state index contributed by atoms with van der Waals surface area (Å²) in [5.41, 5.74) is 0.149. The first-order chi connectivity index (χ1) is 10.5. The molecule has 0 fully saturated rings. The normalized spacial score (nSPS) is 10.8.